The highest BCUT2D eigenvalue weighted by Crippen LogP contribution is 2.31. The Bertz CT molecular complexity index is 1100. The summed E-state index contributed by atoms with van der Waals surface area (Å²) >= 11 is 0. The van der Waals surface area contributed by atoms with E-state index in [1.54, 1.807) is 4.90 Å². The molecule has 0 aliphatic carbocycles. The summed E-state index contributed by atoms with van der Waals surface area (Å²) in [5, 5.41) is 10.1. The molecule has 4 amide bonds. The molecule has 3 heterocycles. The molecule has 2 aliphatic rings. The number of carboxylic acid groups (broad SMARTS) is 1. The Labute approximate surface area is 213 Å². The van der Waals surface area contributed by atoms with Gasteiger partial charge in [0.2, 0.25) is 5.91 Å². The van der Waals surface area contributed by atoms with Crippen LogP contribution in [0.3, 0.4) is 0 Å². The van der Waals surface area contributed by atoms with E-state index in [4.69, 9.17) is 9.84 Å². The van der Waals surface area contributed by atoms with Crippen molar-refractivity contribution in [2.75, 3.05) is 37.9 Å². The predicted octanol–water partition coefficient (Wildman–Crippen LogP) is 4.89. The van der Waals surface area contributed by atoms with Crippen molar-refractivity contribution < 1.29 is 24.2 Å². The number of ether oxygens (including phenoxy) is 1. The molecular formula is C26H38N4O5Si. The molecule has 2 aliphatic heterocycles. The molecule has 10 heteroatoms. The first-order chi connectivity index (χ1) is 17.1. The first-order valence-electron chi connectivity index (χ1n) is 12.9. The lowest BCUT2D eigenvalue weighted by molar-refractivity contribution is -0.133. The third kappa shape index (κ3) is 6.10. The van der Waals surface area contributed by atoms with Gasteiger partial charge in [-0.1, -0.05) is 25.7 Å². The first kappa shape index (κ1) is 26.2. The number of benzene rings is 1. The van der Waals surface area contributed by atoms with Crippen LogP contribution in [0.1, 0.15) is 25.7 Å². The van der Waals surface area contributed by atoms with E-state index < -0.39 is 14.2 Å². The van der Waals surface area contributed by atoms with Gasteiger partial charge in [-0.2, -0.15) is 0 Å². The van der Waals surface area contributed by atoms with E-state index in [9.17, 15) is 14.4 Å². The zero-order chi connectivity index (χ0) is 25.9. The highest BCUT2D eigenvalue weighted by Gasteiger charge is 2.34. The van der Waals surface area contributed by atoms with Crippen molar-refractivity contribution in [1.82, 2.24) is 14.4 Å². The van der Waals surface area contributed by atoms with E-state index in [0.29, 0.717) is 32.2 Å². The maximum Gasteiger partial charge on any atom is 0.407 e. The van der Waals surface area contributed by atoms with Gasteiger partial charge >= 0.3 is 12.1 Å². The number of nitrogens with zero attached hydrogens (tertiary/aromatic N) is 4. The quantitative estimate of drug-likeness (QED) is 0.380. The third-order valence-electron chi connectivity index (χ3n) is 7.27. The zero-order valence-electron chi connectivity index (χ0n) is 21.6. The zero-order valence-corrected chi connectivity index (χ0v) is 22.6. The van der Waals surface area contributed by atoms with Gasteiger partial charge in [0.05, 0.1) is 11.2 Å². The topological polar surface area (TPSA) is 95.3 Å². The van der Waals surface area contributed by atoms with Gasteiger partial charge in [0.15, 0.2) is 0 Å². The molecule has 2 saturated heterocycles. The number of carbonyl (C=O) groups excluding carboxylic acids is 2. The van der Waals surface area contributed by atoms with Crippen LogP contribution in [0.5, 0.6) is 0 Å². The van der Waals surface area contributed by atoms with E-state index in [1.807, 2.05) is 18.2 Å². The molecule has 0 bridgehead atoms. The van der Waals surface area contributed by atoms with E-state index in [0.717, 1.165) is 48.4 Å². The largest absolute Gasteiger partial charge is 0.465 e. The number of urea groups is 1. The molecule has 2 fully saturated rings. The van der Waals surface area contributed by atoms with Crippen LogP contribution in [0.4, 0.5) is 15.3 Å². The Morgan fingerprint density at radius 2 is 1.86 bits per heavy atom. The Morgan fingerprint density at radius 3 is 2.56 bits per heavy atom. The Kier molecular flexibility index (Phi) is 8.04. The van der Waals surface area contributed by atoms with E-state index in [-0.39, 0.29) is 25.1 Å². The molecule has 196 valence electrons. The van der Waals surface area contributed by atoms with Crippen LogP contribution >= 0.6 is 0 Å². The van der Waals surface area contributed by atoms with Crippen LogP contribution in [-0.4, -0.2) is 78.6 Å². The van der Waals surface area contributed by atoms with Gasteiger partial charge in [-0.05, 0) is 49.4 Å². The monoisotopic (exact) mass is 514 g/mol. The highest BCUT2D eigenvalue weighted by molar-refractivity contribution is 6.76. The van der Waals surface area contributed by atoms with Gasteiger partial charge in [0, 0.05) is 58.9 Å². The summed E-state index contributed by atoms with van der Waals surface area (Å²) in [6.45, 7) is 9.76. The van der Waals surface area contributed by atoms with Crippen molar-refractivity contribution in [3.05, 3.63) is 30.5 Å². The first-order valence-corrected chi connectivity index (χ1v) is 16.6. The number of piperidine rings is 1. The Hall–Kier alpha value is -2.85. The molecule has 1 N–H and O–H groups in total. The Balaban J connectivity index is 1.41. The van der Waals surface area contributed by atoms with Crippen LogP contribution < -0.4 is 4.90 Å². The molecule has 0 atom stereocenters. The van der Waals surface area contributed by atoms with Crippen LogP contribution in [0.25, 0.3) is 10.9 Å². The number of hydrogen-bond acceptors (Lipinski definition) is 4. The minimum Gasteiger partial charge on any atom is -0.465 e. The third-order valence-corrected chi connectivity index (χ3v) is 8.98. The fourth-order valence-electron chi connectivity index (χ4n) is 4.95. The lowest BCUT2D eigenvalue weighted by Crippen LogP contribution is -2.53. The number of aromatic nitrogens is 1. The van der Waals surface area contributed by atoms with Crippen LogP contribution in [0.2, 0.25) is 25.7 Å². The lowest BCUT2D eigenvalue weighted by Gasteiger charge is -2.34. The van der Waals surface area contributed by atoms with E-state index in [1.165, 1.54) is 9.80 Å². The van der Waals surface area contributed by atoms with Gasteiger partial charge < -0.3 is 19.3 Å². The molecule has 1 aromatic carbocycles. The molecule has 0 unspecified atom stereocenters. The summed E-state index contributed by atoms with van der Waals surface area (Å²) in [4.78, 5) is 41.4. The maximum atomic E-state index is 13.3. The predicted molar refractivity (Wildman–Crippen MR) is 142 cm³/mol. The summed E-state index contributed by atoms with van der Waals surface area (Å²) in [5.41, 5.74) is 1.86. The van der Waals surface area contributed by atoms with E-state index in [2.05, 4.69) is 36.5 Å². The second-order valence-corrected chi connectivity index (χ2v) is 16.7. The molecule has 0 saturated carbocycles. The fraction of sp³-hybridized carbons (Fsp3) is 0.577. The molecule has 2 aromatic rings. The van der Waals surface area contributed by atoms with Gasteiger partial charge in [0.25, 0.3) is 0 Å². The number of anilines is 1. The number of rotatable bonds is 9. The van der Waals surface area contributed by atoms with Crippen molar-refractivity contribution >= 4 is 42.7 Å². The van der Waals surface area contributed by atoms with Gasteiger partial charge in [-0.15, -0.1) is 0 Å². The SMILES string of the molecule is C[Si](C)(C)CCOCN1C(=O)CCN(c2cccc3c2ccn3CCC2CCN(C(=O)O)CC2)C1=O. The Morgan fingerprint density at radius 1 is 1.11 bits per heavy atom. The molecular weight excluding hydrogens is 476 g/mol. The summed E-state index contributed by atoms with van der Waals surface area (Å²) in [5.74, 6) is 0.313. The second kappa shape index (κ2) is 11.0. The molecule has 4 rings (SSSR count). The number of carbonyl (C=O) groups is 3. The summed E-state index contributed by atoms with van der Waals surface area (Å²) < 4.78 is 7.94. The lowest BCUT2D eigenvalue weighted by atomic mass is 9.94. The number of amides is 4. The smallest absolute Gasteiger partial charge is 0.407 e. The normalized spacial score (nSPS) is 17.9. The minimum absolute atomic E-state index is 0.00364. The van der Waals surface area contributed by atoms with Crippen molar-refractivity contribution in [2.45, 2.75) is 57.9 Å². The highest BCUT2D eigenvalue weighted by atomic mass is 28.3. The molecule has 0 spiro atoms. The van der Waals surface area contributed by atoms with Crippen molar-refractivity contribution in [2.24, 2.45) is 5.92 Å². The van der Waals surface area contributed by atoms with Crippen LogP contribution in [-0.2, 0) is 16.1 Å². The average molecular weight is 515 g/mol. The summed E-state index contributed by atoms with van der Waals surface area (Å²) in [6, 6.07) is 8.64. The van der Waals surface area contributed by atoms with Gasteiger partial charge in [-0.25, -0.2) is 14.5 Å². The number of imide groups is 1. The summed E-state index contributed by atoms with van der Waals surface area (Å²) in [6.07, 6.45) is 4.27. The number of fused-ring (bicyclic) bond motifs is 1. The van der Waals surface area contributed by atoms with Crippen molar-refractivity contribution in [3.63, 3.8) is 0 Å². The second-order valence-electron chi connectivity index (χ2n) is 11.1. The van der Waals surface area contributed by atoms with Gasteiger partial charge in [0.1, 0.15) is 6.73 Å². The standard InChI is InChI=1S/C26H38N4O5Si/c1-36(2,3)18-17-35-19-30-24(31)11-16-29(25(30)32)23-6-4-5-22-21(23)10-15-27(22)12-7-20-8-13-28(14-9-20)26(33)34/h4-6,10,15,20H,7-9,11-14,16-19H2,1-3H3,(H,33,34). The molecule has 0 radical (unpaired) electrons. The minimum atomic E-state index is -1.25. The number of aryl methyl sites for hydroxylation is 1. The van der Waals surface area contributed by atoms with E-state index >= 15 is 0 Å². The maximum absolute atomic E-state index is 13.3. The summed E-state index contributed by atoms with van der Waals surface area (Å²) in [7, 11) is -1.25. The fourth-order valence-corrected chi connectivity index (χ4v) is 5.70. The van der Waals surface area contributed by atoms with Crippen molar-refractivity contribution in [3.8, 4) is 0 Å². The molecule has 1 aromatic heterocycles. The van der Waals surface area contributed by atoms with Gasteiger partial charge in [-0.3, -0.25) is 9.69 Å². The van der Waals surface area contributed by atoms with Crippen LogP contribution in [0.15, 0.2) is 30.5 Å². The average Bonchev–Trinajstić information content (AvgIpc) is 3.25. The van der Waals surface area contributed by atoms with Crippen molar-refractivity contribution in [1.29, 1.82) is 0 Å². The number of hydrogen-bond donors (Lipinski definition) is 1. The molecule has 36 heavy (non-hydrogen) atoms. The molecule has 9 nitrogen and oxygen atoms in total. The number of likely N-dealkylation sites (tertiary alicyclic amines) is 1. The van der Waals surface area contributed by atoms with Crippen LogP contribution in [0, 0.1) is 5.92 Å².